The van der Waals surface area contributed by atoms with E-state index in [2.05, 4.69) is 26.3 Å². The predicted octanol–water partition coefficient (Wildman–Crippen LogP) is 3.09. The minimum Gasteiger partial charge on any atom is -0.481 e. The predicted molar refractivity (Wildman–Crippen MR) is 113 cm³/mol. The summed E-state index contributed by atoms with van der Waals surface area (Å²) < 4.78 is 0. The molecular formula is C19H16N6O3S2. The normalized spacial score (nSPS) is 14.3. The highest BCUT2D eigenvalue weighted by Crippen LogP contribution is 2.32. The Bertz CT molecular complexity index is 1100. The number of pyridine rings is 1. The summed E-state index contributed by atoms with van der Waals surface area (Å²) in [5.41, 5.74) is 0.828. The van der Waals surface area contributed by atoms with Gasteiger partial charge in [-0.15, -0.1) is 11.3 Å². The molecule has 1 aliphatic heterocycles. The largest absolute Gasteiger partial charge is 0.481 e. The van der Waals surface area contributed by atoms with Gasteiger partial charge in [-0.1, -0.05) is 11.3 Å². The quantitative estimate of drug-likeness (QED) is 0.618. The zero-order valence-electron chi connectivity index (χ0n) is 15.6. The molecule has 0 bridgehead atoms. The first-order valence-corrected chi connectivity index (χ1v) is 10.8. The van der Waals surface area contributed by atoms with Crippen molar-refractivity contribution in [3.05, 3.63) is 40.3 Å². The minimum absolute atomic E-state index is 0.308. The minimum atomic E-state index is -0.755. The fourth-order valence-corrected chi connectivity index (χ4v) is 4.62. The first kappa shape index (κ1) is 19.9. The molecule has 1 amide bonds. The molecule has 0 saturated carbocycles. The van der Waals surface area contributed by atoms with Crippen molar-refractivity contribution in [3.8, 4) is 16.8 Å². The second-order valence-corrected chi connectivity index (χ2v) is 8.50. The van der Waals surface area contributed by atoms with Crippen LogP contribution in [0.5, 0.6) is 0 Å². The lowest BCUT2D eigenvalue weighted by Crippen LogP contribution is -2.36. The maximum absolute atomic E-state index is 12.6. The number of aliphatic carboxylic acids is 1. The summed E-state index contributed by atoms with van der Waals surface area (Å²) >= 11 is 2.47. The van der Waals surface area contributed by atoms with Crippen LogP contribution in [-0.2, 0) is 4.79 Å². The lowest BCUT2D eigenvalue weighted by atomic mass is 9.97. The number of piperidine rings is 1. The Kier molecular flexibility index (Phi) is 5.69. The number of nitriles is 1. The molecule has 4 heterocycles. The summed E-state index contributed by atoms with van der Waals surface area (Å²) in [5, 5.41) is 23.9. The number of carboxylic acids is 1. The second kappa shape index (κ2) is 8.56. The van der Waals surface area contributed by atoms with E-state index < -0.39 is 5.97 Å². The maximum Gasteiger partial charge on any atom is 0.306 e. The number of rotatable bonds is 5. The molecule has 3 aromatic rings. The van der Waals surface area contributed by atoms with Crippen molar-refractivity contribution in [2.75, 3.05) is 23.3 Å². The Morgan fingerprint density at radius 1 is 1.27 bits per heavy atom. The average Bonchev–Trinajstić information content (AvgIpc) is 3.43. The van der Waals surface area contributed by atoms with Crippen molar-refractivity contribution in [2.45, 2.75) is 12.8 Å². The maximum atomic E-state index is 12.6. The number of aromatic nitrogens is 3. The van der Waals surface area contributed by atoms with Gasteiger partial charge in [0.05, 0.1) is 11.5 Å². The van der Waals surface area contributed by atoms with E-state index in [4.69, 9.17) is 5.11 Å². The van der Waals surface area contributed by atoms with E-state index in [1.54, 1.807) is 23.7 Å². The van der Waals surface area contributed by atoms with Crippen LogP contribution in [-0.4, -0.2) is 45.0 Å². The number of nitrogens with zero attached hydrogens (tertiary/aromatic N) is 5. The topological polar surface area (TPSA) is 132 Å². The van der Waals surface area contributed by atoms with E-state index in [0.717, 1.165) is 11.3 Å². The van der Waals surface area contributed by atoms with Crippen LogP contribution in [0.1, 0.15) is 28.1 Å². The molecule has 152 valence electrons. The Labute approximate surface area is 179 Å². The van der Waals surface area contributed by atoms with Crippen LogP contribution in [0.15, 0.2) is 29.9 Å². The van der Waals surface area contributed by atoms with Gasteiger partial charge in [0.2, 0.25) is 0 Å². The first-order valence-electron chi connectivity index (χ1n) is 9.11. The van der Waals surface area contributed by atoms with E-state index in [-0.39, 0.29) is 11.8 Å². The number of carbonyl (C=O) groups is 2. The van der Waals surface area contributed by atoms with Crippen molar-refractivity contribution in [1.82, 2.24) is 15.0 Å². The van der Waals surface area contributed by atoms with Crippen molar-refractivity contribution < 1.29 is 14.7 Å². The summed E-state index contributed by atoms with van der Waals surface area (Å²) in [6, 6.07) is 5.51. The van der Waals surface area contributed by atoms with Gasteiger partial charge in [0.25, 0.3) is 5.91 Å². The number of hydrogen-bond acceptors (Lipinski definition) is 9. The Balaban J connectivity index is 1.42. The van der Waals surface area contributed by atoms with Crippen molar-refractivity contribution in [2.24, 2.45) is 5.92 Å². The lowest BCUT2D eigenvalue weighted by Gasteiger charge is -2.30. The molecule has 1 aliphatic rings. The van der Waals surface area contributed by atoms with Crippen molar-refractivity contribution >= 4 is 45.5 Å². The van der Waals surface area contributed by atoms with Crippen LogP contribution in [0, 0.1) is 17.2 Å². The van der Waals surface area contributed by atoms with Crippen LogP contribution < -0.4 is 10.2 Å². The summed E-state index contributed by atoms with van der Waals surface area (Å²) in [7, 11) is 0. The second-order valence-electron chi connectivity index (χ2n) is 6.60. The van der Waals surface area contributed by atoms with E-state index in [1.165, 1.54) is 17.5 Å². The van der Waals surface area contributed by atoms with Gasteiger partial charge in [-0.05, 0) is 25.0 Å². The van der Waals surface area contributed by atoms with Crippen LogP contribution >= 0.6 is 22.7 Å². The Hall–Kier alpha value is -3.36. The lowest BCUT2D eigenvalue weighted by molar-refractivity contribution is -0.142. The summed E-state index contributed by atoms with van der Waals surface area (Å²) in [6.07, 6.45) is 4.27. The number of hydrogen-bond donors (Lipinski definition) is 2. The molecule has 3 aromatic heterocycles. The number of thiazole rings is 2. The van der Waals surface area contributed by atoms with Crippen molar-refractivity contribution in [3.63, 3.8) is 0 Å². The van der Waals surface area contributed by atoms with Gasteiger partial charge in [0.15, 0.2) is 5.13 Å². The molecule has 9 nitrogen and oxygen atoms in total. The van der Waals surface area contributed by atoms with Gasteiger partial charge >= 0.3 is 5.97 Å². The molecule has 0 unspecified atom stereocenters. The third kappa shape index (κ3) is 4.14. The number of carboxylic acid groups (broad SMARTS) is 1. The standard InChI is InChI=1S/C19H16N6O3S2/c20-9-13-15(17-21-5-8-29-17)23-19(30-13)24-16(26)12-1-2-14(22-10-12)25-6-3-11(4-7-25)18(27)28/h1-2,5,8,10-11H,3-4,6-7H2,(H,27,28)(H,23,24,26). The fraction of sp³-hybridized carbons (Fsp3) is 0.263. The molecular weight excluding hydrogens is 424 g/mol. The van der Waals surface area contributed by atoms with Crippen LogP contribution in [0.25, 0.3) is 10.7 Å². The van der Waals surface area contributed by atoms with Crippen LogP contribution in [0.3, 0.4) is 0 Å². The monoisotopic (exact) mass is 440 g/mol. The molecule has 1 saturated heterocycles. The summed E-state index contributed by atoms with van der Waals surface area (Å²) in [6.45, 7) is 1.23. The molecule has 0 aromatic carbocycles. The number of anilines is 2. The van der Waals surface area contributed by atoms with Gasteiger partial charge in [0.1, 0.15) is 27.5 Å². The molecule has 0 atom stereocenters. The van der Waals surface area contributed by atoms with Gasteiger partial charge < -0.3 is 10.0 Å². The van der Waals surface area contributed by atoms with Crippen LogP contribution in [0.2, 0.25) is 0 Å². The molecule has 4 rings (SSSR count). The summed E-state index contributed by atoms with van der Waals surface area (Å²) in [5.74, 6) is -0.725. The van der Waals surface area contributed by atoms with E-state index in [0.29, 0.717) is 58.0 Å². The molecule has 30 heavy (non-hydrogen) atoms. The Morgan fingerprint density at radius 2 is 2.07 bits per heavy atom. The van der Waals surface area contributed by atoms with E-state index in [9.17, 15) is 14.9 Å². The number of amides is 1. The zero-order chi connectivity index (χ0) is 21.1. The smallest absolute Gasteiger partial charge is 0.306 e. The third-order valence-corrected chi connectivity index (χ3v) is 6.42. The van der Waals surface area contributed by atoms with Gasteiger partial charge in [-0.25, -0.2) is 15.0 Å². The summed E-state index contributed by atoms with van der Waals surface area (Å²) in [4.78, 5) is 38.9. The van der Waals surface area contributed by atoms with E-state index in [1.807, 2.05) is 4.90 Å². The molecule has 11 heteroatoms. The molecule has 0 radical (unpaired) electrons. The molecule has 0 spiro atoms. The first-order chi connectivity index (χ1) is 14.5. The highest BCUT2D eigenvalue weighted by Gasteiger charge is 2.25. The molecule has 0 aliphatic carbocycles. The van der Waals surface area contributed by atoms with Gasteiger partial charge in [-0.2, -0.15) is 5.26 Å². The SMILES string of the molecule is N#Cc1sc(NC(=O)c2ccc(N3CCC(C(=O)O)CC3)nc2)nc1-c1nccs1. The van der Waals surface area contributed by atoms with Gasteiger partial charge in [0, 0.05) is 30.9 Å². The Morgan fingerprint density at radius 3 is 2.67 bits per heavy atom. The average molecular weight is 441 g/mol. The molecule has 1 fully saturated rings. The zero-order valence-corrected chi connectivity index (χ0v) is 17.2. The van der Waals surface area contributed by atoms with Crippen molar-refractivity contribution in [1.29, 1.82) is 5.26 Å². The highest BCUT2D eigenvalue weighted by molar-refractivity contribution is 7.17. The third-order valence-electron chi connectivity index (χ3n) is 4.76. The van der Waals surface area contributed by atoms with Gasteiger partial charge in [-0.3, -0.25) is 14.9 Å². The van der Waals surface area contributed by atoms with E-state index >= 15 is 0 Å². The molecule has 2 N–H and O–H groups in total. The fourth-order valence-electron chi connectivity index (χ4n) is 3.17. The highest BCUT2D eigenvalue weighted by atomic mass is 32.1. The number of carbonyl (C=O) groups excluding carboxylic acids is 1. The van der Waals surface area contributed by atoms with Crippen LogP contribution in [0.4, 0.5) is 10.9 Å². The number of nitrogens with one attached hydrogen (secondary N) is 1.